The van der Waals surface area contributed by atoms with Crippen molar-refractivity contribution in [1.82, 2.24) is 0 Å². The van der Waals surface area contributed by atoms with Crippen molar-refractivity contribution in [2.24, 2.45) is 0 Å². The fraction of sp³-hybridized carbons (Fsp3) is 0.350. The molecule has 1 N–H and O–H groups in total. The maximum atomic E-state index is 14.4. The first-order valence-electron chi connectivity index (χ1n) is 9.10. The molecule has 0 aromatic heterocycles. The molecule has 0 aliphatic rings. The van der Waals surface area contributed by atoms with E-state index < -0.39 is 39.5 Å². The number of nitrogens with one attached hydrogen (secondary N) is 1. The Hall–Kier alpha value is -2.83. The largest absolute Gasteiger partial charge is 0.435 e. The summed E-state index contributed by atoms with van der Waals surface area (Å²) >= 11 is 0. The van der Waals surface area contributed by atoms with Crippen molar-refractivity contribution in [3.05, 3.63) is 58.7 Å². The van der Waals surface area contributed by atoms with Crippen LogP contribution in [-0.2, 0) is 15.7 Å². The molecular weight excluding hydrogens is 481 g/mol. The normalized spacial score (nSPS) is 13.1. The van der Waals surface area contributed by atoms with Crippen molar-refractivity contribution in [2.75, 3.05) is 22.9 Å². The Morgan fingerprint density at radius 1 is 0.909 bits per heavy atom. The van der Waals surface area contributed by atoms with E-state index in [9.17, 15) is 43.9 Å². The molecule has 0 aliphatic carbocycles. The highest BCUT2D eigenvalue weighted by Crippen LogP contribution is 2.53. The van der Waals surface area contributed by atoms with Crippen molar-refractivity contribution >= 4 is 27.3 Å². The van der Waals surface area contributed by atoms with Gasteiger partial charge in [0.15, 0.2) is 0 Å². The lowest BCUT2D eigenvalue weighted by Crippen LogP contribution is -2.50. The molecule has 0 heterocycles. The fourth-order valence-electron chi connectivity index (χ4n) is 3.07. The number of alkyl halides is 7. The van der Waals surface area contributed by atoms with Crippen LogP contribution < -0.4 is 9.62 Å². The van der Waals surface area contributed by atoms with Gasteiger partial charge in [-0.05, 0) is 43.2 Å². The molecule has 0 fully saturated rings. The number of anilines is 2. The maximum Gasteiger partial charge on any atom is 0.435 e. The van der Waals surface area contributed by atoms with E-state index in [1.54, 1.807) is 0 Å². The molecule has 5 nitrogen and oxygen atoms in total. The molecule has 13 heteroatoms. The molecule has 2 aromatic carbocycles. The topological polar surface area (TPSA) is 66.5 Å². The van der Waals surface area contributed by atoms with Gasteiger partial charge in [0.25, 0.3) is 5.91 Å². The summed E-state index contributed by atoms with van der Waals surface area (Å²) in [5, 5.41) is 2.36. The summed E-state index contributed by atoms with van der Waals surface area (Å²) in [6, 6.07) is 6.11. The zero-order valence-corrected chi connectivity index (χ0v) is 18.5. The summed E-state index contributed by atoms with van der Waals surface area (Å²) in [5.74, 6) is -0.809. The Morgan fingerprint density at radius 3 is 1.82 bits per heavy atom. The van der Waals surface area contributed by atoms with Crippen LogP contribution in [0.4, 0.5) is 42.1 Å². The van der Waals surface area contributed by atoms with Gasteiger partial charge in [0.2, 0.25) is 10.0 Å². The van der Waals surface area contributed by atoms with Gasteiger partial charge in [-0.3, -0.25) is 9.10 Å². The van der Waals surface area contributed by atoms with Gasteiger partial charge in [-0.2, -0.15) is 26.3 Å². The summed E-state index contributed by atoms with van der Waals surface area (Å²) in [6.07, 6.45) is -11.6. The first-order chi connectivity index (χ1) is 14.8. The Bertz CT molecular complexity index is 1140. The molecule has 0 radical (unpaired) electrons. The lowest BCUT2D eigenvalue weighted by Gasteiger charge is -2.31. The molecule has 0 atom stereocenters. The van der Waals surface area contributed by atoms with Crippen LogP contribution in [0.25, 0.3) is 0 Å². The molecule has 0 aliphatic heterocycles. The number of rotatable bonds is 5. The number of hydrogen-bond acceptors (Lipinski definition) is 3. The highest BCUT2D eigenvalue weighted by molar-refractivity contribution is 7.92. The van der Waals surface area contributed by atoms with Crippen molar-refractivity contribution < 1.29 is 43.9 Å². The number of amides is 1. The van der Waals surface area contributed by atoms with Gasteiger partial charge < -0.3 is 5.32 Å². The van der Waals surface area contributed by atoms with Crippen LogP contribution in [0.5, 0.6) is 0 Å². The number of halogens is 7. The van der Waals surface area contributed by atoms with E-state index in [4.69, 9.17) is 0 Å². The van der Waals surface area contributed by atoms with E-state index in [1.807, 2.05) is 0 Å². The second-order valence-electron chi connectivity index (χ2n) is 7.37. The van der Waals surface area contributed by atoms with Gasteiger partial charge in [-0.1, -0.05) is 18.2 Å². The zero-order valence-electron chi connectivity index (χ0n) is 17.7. The van der Waals surface area contributed by atoms with Gasteiger partial charge in [0.1, 0.15) is 0 Å². The maximum absolute atomic E-state index is 14.4. The minimum atomic E-state index is -6.26. The minimum Gasteiger partial charge on any atom is -0.322 e. The number of aryl methyl sites for hydroxylation is 2. The van der Waals surface area contributed by atoms with Gasteiger partial charge in [0, 0.05) is 23.9 Å². The van der Waals surface area contributed by atoms with Crippen LogP contribution in [0.3, 0.4) is 0 Å². The Labute approximate surface area is 185 Å². The summed E-state index contributed by atoms with van der Waals surface area (Å²) < 4.78 is 117. The number of sulfonamides is 1. The zero-order chi connectivity index (χ0) is 25.6. The van der Waals surface area contributed by atoms with E-state index in [0.717, 1.165) is 24.4 Å². The third kappa shape index (κ3) is 5.07. The molecule has 1 amide bonds. The van der Waals surface area contributed by atoms with Gasteiger partial charge >= 0.3 is 18.0 Å². The van der Waals surface area contributed by atoms with Gasteiger partial charge in [-0.15, -0.1) is 0 Å². The second kappa shape index (κ2) is 8.50. The minimum absolute atomic E-state index is 0.0312. The molecule has 0 saturated carbocycles. The lowest BCUT2D eigenvalue weighted by atomic mass is 9.90. The Morgan fingerprint density at radius 2 is 1.39 bits per heavy atom. The third-order valence-corrected chi connectivity index (χ3v) is 6.13. The Kier molecular flexibility index (Phi) is 6.81. The predicted octanol–water partition coefficient (Wildman–Crippen LogP) is 5.24. The highest BCUT2D eigenvalue weighted by atomic mass is 32.2. The summed E-state index contributed by atoms with van der Waals surface area (Å²) in [5.41, 5.74) is -7.73. The molecule has 0 saturated heterocycles. The number of carbonyl (C=O) groups excluding carboxylic acids is 1. The standard InChI is InChI=1S/C20H19F7N2O3S/c1-11-8-14(18(21,19(22,23)24)20(25,26)27)9-12(2)16(11)28-17(30)13-6-5-7-15(10-13)29(3)33(4,31)32/h5-10H,1-4H3,(H,28,30). The number of hydrogen-bond donors (Lipinski definition) is 1. The van der Waals surface area contributed by atoms with Crippen LogP contribution >= 0.6 is 0 Å². The lowest BCUT2D eigenvalue weighted by molar-refractivity contribution is -0.348. The van der Waals surface area contributed by atoms with Crippen molar-refractivity contribution in [3.63, 3.8) is 0 Å². The highest BCUT2D eigenvalue weighted by Gasteiger charge is 2.73. The molecule has 2 aromatic rings. The molecule has 0 spiro atoms. The molecular formula is C20H19F7N2O3S. The number of carbonyl (C=O) groups is 1. The van der Waals surface area contributed by atoms with Crippen molar-refractivity contribution in [3.8, 4) is 0 Å². The first kappa shape index (κ1) is 26.4. The van der Waals surface area contributed by atoms with E-state index >= 15 is 0 Å². The third-order valence-electron chi connectivity index (χ3n) is 4.92. The van der Waals surface area contributed by atoms with Crippen LogP contribution in [-0.4, -0.2) is 40.0 Å². The van der Waals surface area contributed by atoms with Gasteiger partial charge in [-0.25, -0.2) is 12.8 Å². The van der Waals surface area contributed by atoms with E-state index in [2.05, 4.69) is 5.32 Å². The van der Waals surface area contributed by atoms with E-state index in [-0.39, 0.29) is 28.1 Å². The molecule has 0 bridgehead atoms. The molecule has 2 rings (SSSR count). The molecule has 33 heavy (non-hydrogen) atoms. The Balaban J connectivity index is 2.46. The second-order valence-corrected chi connectivity index (χ2v) is 9.39. The summed E-state index contributed by atoms with van der Waals surface area (Å²) in [7, 11) is -2.38. The average Bonchev–Trinajstić information content (AvgIpc) is 2.66. The van der Waals surface area contributed by atoms with E-state index in [1.165, 1.54) is 31.3 Å². The fourth-order valence-corrected chi connectivity index (χ4v) is 3.56. The van der Waals surface area contributed by atoms with Crippen molar-refractivity contribution in [1.29, 1.82) is 0 Å². The molecule has 0 unspecified atom stereocenters. The SMILES string of the molecule is Cc1cc(C(F)(C(F)(F)F)C(F)(F)F)cc(C)c1NC(=O)c1cccc(N(C)S(C)(=O)=O)c1. The van der Waals surface area contributed by atoms with Gasteiger partial charge in [0.05, 0.1) is 11.9 Å². The number of benzene rings is 2. The number of nitrogens with zero attached hydrogens (tertiary/aromatic N) is 1. The van der Waals surface area contributed by atoms with E-state index in [0.29, 0.717) is 12.1 Å². The molecule has 182 valence electrons. The quantitative estimate of drug-likeness (QED) is 0.571. The van der Waals surface area contributed by atoms with Crippen LogP contribution in [0, 0.1) is 13.8 Å². The monoisotopic (exact) mass is 500 g/mol. The van der Waals surface area contributed by atoms with Crippen LogP contribution in [0.15, 0.2) is 36.4 Å². The average molecular weight is 500 g/mol. The predicted molar refractivity (Wildman–Crippen MR) is 108 cm³/mol. The van der Waals surface area contributed by atoms with Crippen LogP contribution in [0.1, 0.15) is 27.0 Å². The van der Waals surface area contributed by atoms with Crippen molar-refractivity contribution in [2.45, 2.75) is 31.9 Å². The first-order valence-corrected chi connectivity index (χ1v) is 10.9. The van der Waals surface area contributed by atoms with Crippen LogP contribution in [0.2, 0.25) is 0 Å². The summed E-state index contributed by atoms with van der Waals surface area (Å²) in [4.78, 5) is 12.6. The summed E-state index contributed by atoms with van der Waals surface area (Å²) in [6.45, 7) is 2.24. The smallest absolute Gasteiger partial charge is 0.322 e.